The highest BCUT2D eigenvalue weighted by molar-refractivity contribution is 6.01. The van der Waals surface area contributed by atoms with Crippen molar-refractivity contribution in [3.63, 3.8) is 0 Å². The molecule has 1 heterocycles. The molecule has 2 rings (SSSR count). The van der Waals surface area contributed by atoms with Crippen LogP contribution in [0.15, 0.2) is 18.2 Å². The highest BCUT2D eigenvalue weighted by Crippen LogP contribution is 2.27. The maximum Gasteiger partial charge on any atom is 0.259 e. The first kappa shape index (κ1) is 13.7. The van der Waals surface area contributed by atoms with Gasteiger partial charge in [-0.3, -0.25) is 4.79 Å². The predicted octanol–water partition coefficient (Wildman–Crippen LogP) is 1.12. The third-order valence-corrected chi connectivity index (χ3v) is 3.64. The number of carbonyl (C=O) groups excluding carboxylic acids is 1. The number of rotatable bonds is 2. The number of nitrogen functional groups attached to an aromatic ring is 1. The molecule has 1 aromatic carbocycles. The average molecular weight is 264 g/mol. The van der Waals surface area contributed by atoms with Crippen molar-refractivity contribution in [3.05, 3.63) is 23.8 Å². The van der Waals surface area contributed by atoms with Gasteiger partial charge in [0.25, 0.3) is 5.91 Å². The normalized spacial score (nSPS) is 23.2. The van der Waals surface area contributed by atoms with Gasteiger partial charge in [0.2, 0.25) is 0 Å². The third kappa shape index (κ3) is 2.66. The molecular weight excluding hydrogens is 244 g/mol. The second-order valence-corrected chi connectivity index (χ2v) is 5.01. The van der Waals surface area contributed by atoms with E-state index < -0.39 is 0 Å². The van der Waals surface area contributed by atoms with Gasteiger partial charge >= 0.3 is 0 Å². The summed E-state index contributed by atoms with van der Waals surface area (Å²) in [7, 11) is 1.52. The van der Waals surface area contributed by atoms with Gasteiger partial charge in [0.05, 0.1) is 13.2 Å². The number of nitrogens with two attached hydrogens (primary N) is 1. The van der Waals surface area contributed by atoms with Gasteiger partial charge in [0, 0.05) is 18.8 Å². The average Bonchev–Trinajstić information content (AvgIpc) is 2.40. The summed E-state index contributed by atoms with van der Waals surface area (Å²) in [6.07, 6.45) is 0.265. The van der Waals surface area contributed by atoms with Gasteiger partial charge < -0.3 is 20.5 Å². The Bertz CT molecular complexity index is 476. The number of benzene rings is 1. The monoisotopic (exact) mass is 264 g/mol. The molecule has 0 radical (unpaired) electrons. The van der Waals surface area contributed by atoms with Crippen molar-refractivity contribution >= 4 is 11.6 Å². The number of hydrogen-bond donors (Lipinski definition) is 2. The molecule has 5 heteroatoms. The Labute approximate surface area is 113 Å². The molecule has 1 aromatic rings. The summed E-state index contributed by atoms with van der Waals surface area (Å²) in [6.45, 7) is 3.02. The van der Waals surface area contributed by atoms with E-state index >= 15 is 0 Å². The summed E-state index contributed by atoms with van der Waals surface area (Å²) >= 11 is 0. The van der Waals surface area contributed by atoms with Crippen LogP contribution in [0.3, 0.4) is 0 Å². The minimum Gasteiger partial charge on any atom is -0.496 e. The number of amides is 1. The minimum absolute atomic E-state index is 0.0774. The number of likely N-dealkylation sites (tertiary alicyclic amines) is 1. The maximum atomic E-state index is 12.5. The van der Waals surface area contributed by atoms with Crippen molar-refractivity contribution in [3.8, 4) is 5.75 Å². The smallest absolute Gasteiger partial charge is 0.259 e. The Balaban J connectivity index is 2.25. The zero-order valence-corrected chi connectivity index (χ0v) is 11.3. The predicted molar refractivity (Wildman–Crippen MR) is 73.1 cm³/mol. The molecule has 0 spiro atoms. The van der Waals surface area contributed by atoms with Gasteiger partial charge in [-0.15, -0.1) is 0 Å². The van der Waals surface area contributed by atoms with E-state index in [4.69, 9.17) is 10.5 Å². The number of aliphatic hydroxyl groups excluding tert-OH is 1. The van der Waals surface area contributed by atoms with Crippen LogP contribution >= 0.6 is 0 Å². The minimum atomic E-state index is -0.334. The fourth-order valence-corrected chi connectivity index (χ4v) is 2.42. The first-order valence-corrected chi connectivity index (χ1v) is 6.44. The Hall–Kier alpha value is -1.75. The number of aliphatic hydroxyl groups is 1. The van der Waals surface area contributed by atoms with Crippen LogP contribution in [0.1, 0.15) is 23.7 Å². The van der Waals surface area contributed by atoms with Crippen LogP contribution in [0.5, 0.6) is 5.75 Å². The first-order valence-electron chi connectivity index (χ1n) is 6.44. The largest absolute Gasteiger partial charge is 0.496 e. The van der Waals surface area contributed by atoms with Gasteiger partial charge in [-0.2, -0.15) is 0 Å². The molecule has 3 N–H and O–H groups in total. The van der Waals surface area contributed by atoms with Crippen molar-refractivity contribution < 1.29 is 14.6 Å². The van der Waals surface area contributed by atoms with Crippen LogP contribution in [0.4, 0.5) is 5.69 Å². The molecule has 2 unspecified atom stereocenters. The summed E-state index contributed by atoms with van der Waals surface area (Å²) in [4.78, 5) is 14.3. The lowest BCUT2D eigenvalue weighted by molar-refractivity contribution is 0.0296. The van der Waals surface area contributed by atoms with Gasteiger partial charge in [-0.05, 0) is 24.5 Å². The Morgan fingerprint density at radius 1 is 1.53 bits per heavy atom. The maximum absolute atomic E-state index is 12.5. The number of carbonyl (C=O) groups is 1. The number of nitrogens with zero attached hydrogens (tertiary/aromatic N) is 1. The van der Waals surface area contributed by atoms with Gasteiger partial charge in [-0.1, -0.05) is 13.0 Å². The summed E-state index contributed by atoms with van der Waals surface area (Å²) in [6, 6.07) is 5.18. The highest BCUT2D eigenvalue weighted by atomic mass is 16.5. The van der Waals surface area contributed by atoms with E-state index in [0.717, 1.165) is 0 Å². The SMILES string of the molecule is COc1cccc(N)c1C(=O)N1CCC(O)C(C)C1. The lowest BCUT2D eigenvalue weighted by Crippen LogP contribution is -2.45. The number of ether oxygens (including phenoxy) is 1. The summed E-state index contributed by atoms with van der Waals surface area (Å²) in [5.74, 6) is 0.436. The number of hydrogen-bond acceptors (Lipinski definition) is 4. The third-order valence-electron chi connectivity index (χ3n) is 3.64. The quantitative estimate of drug-likeness (QED) is 0.785. The van der Waals surface area contributed by atoms with Gasteiger partial charge in [0.1, 0.15) is 11.3 Å². The number of piperidine rings is 1. The molecule has 104 valence electrons. The van der Waals surface area contributed by atoms with Gasteiger partial charge in [-0.25, -0.2) is 0 Å². The van der Waals surface area contributed by atoms with Crippen LogP contribution in [0.2, 0.25) is 0 Å². The van der Waals surface area contributed by atoms with E-state index in [-0.39, 0.29) is 17.9 Å². The van der Waals surface area contributed by atoms with Crippen molar-refractivity contribution in [1.82, 2.24) is 4.90 Å². The van der Waals surface area contributed by atoms with E-state index in [1.54, 1.807) is 23.1 Å². The fourth-order valence-electron chi connectivity index (χ4n) is 2.42. The zero-order valence-electron chi connectivity index (χ0n) is 11.3. The van der Waals surface area contributed by atoms with Crippen molar-refractivity contribution in [2.75, 3.05) is 25.9 Å². The van der Waals surface area contributed by atoms with Crippen molar-refractivity contribution in [2.45, 2.75) is 19.4 Å². The van der Waals surface area contributed by atoms with Crippen LogP contribution in [-0.2, 0) is 0 Å². The van der Waals surface area contributed by atoms with Crippen molar-refractivity contribution in [2.24, 2.45) is 5.92 Å². The second kappa shape index (κ2) is 5.48. The topological polar surface area (TPSA) is 75.8 Å². The summed E-state index contributed by atoms with van der Waals surface area (Å²) in [5, 5.41) is 9.72. The second-order valence-electron chi connectivity index (χ2n) is 5.01. The van der Waals surface area contributed by atoms with E-state index in [0.29, 0.717) is 36.5 Å². The molecule has 2 atom stereocenters. The van der Waals surface area contributed by atoms with Crippen LogP contribution in [-0.4, -0.2) is 42.2 Å². The molecular formula is C14H20N2O3. The molecule has 1 saturated heterocycles. The Morgan fingerprint density at radius 2 is 2.26 bits per heavy atom. The number of methoxy groups -OCH3 is 1. The molecule has 0 aliphatic carbocycles. The van der Waals surface area contributed by atoms with E-state index in [9.17, 15) is 9.90 Å². The fraction of sp³-hybridized carbons (Fsp3) is 0.500. The van der Waals surface area contributed by atoms with Crippen molar-refractivity contribution in [1.29, 1.82) is 0 Å². The highest BCUT2D eigenvalue weighted by Gasteiger charge is 2.29. The van der Waals surface area contributed by atoms with E-state index in [2.05, 4.69) is 0 Å². The van der Waals surface area contributed by atoms with Crippen LogP contribution in [0, 0.1) is 5.92 Å². The van der Waals surface area contributed by atoms with E-state index in [1.165, 1.54) is 7.11 Å². The Morgan fingerprint density at radius 3 is 2.89 bits per heavy atom. The standard InChI is InChI=1S/C14H20N2O3/c1-9-8-16(7-6-11(9)17)14(18)13-10(15)4-3-5-12(13)19-2/h3-5,9,11,17H,6-8,15H2,1-2H3. The van der Waals surface area contributed by atoms with E-state index in [1.807, 2.05) is 6.92 Å². The molecule has 1 amide bonds. The van der Waals surface area contributed by atoms with Gasteiger partial charge in [0.15, 0.2) is 0 Å². The molecule has 1 fully saturated rings. The molecule has 1 aliphatic rings. The molecule has 5 nitrogen and oxygen atoms in total. The molecule has 19 heavy (non-hydrogen) atoms. The molecule has 1 aliphatic heterocycles. The molecule has 0 bridgehead atoms. The molecule has 0 aromatic heterocycles. The molecule has 0 saturated carbocycles. The van der Waals surface area contributed by atoms with Crippen LogP contribution in [0.25, 0.3) is 0 Å². The zero-order chi connectivity index (χ0) is 14.0. The summed E-state index contributed by atoms with van der Waals surface area (Å²) < 4.78 is 5.21. The summed E-state index contributed by atoms with van der Waals surface area (Å²) in [5.41, 5.74) is 6.72. The lowest BCUT2D eigenvalue weighted by Gasteiger charge is -2.34. The number of anilines is 1. The lowest BCUT2D eigenvalue weighted by atomic mass is 9.96. The first-order chi connectivity index (χ1) is 9.04. The Kier molecular flexibility index (Phi) is 3.95. The van der Waals surface area contributed by atoms with Crippen LogP contribution < -0.4 is 10.5 Å².